The summed E-state index contributed by atoms with van der Waals surface area (Å²) in [6, 6.07) is 0. The van der Waals surface area contributed by atoms with Gasteiger partial charge in [0.05, 0.1) is 25.5 Å². The SMILES string of the molecule is COC(=O)CC(=O)C(Br)CC(=O)OC. The van der Waals surface area contributed by atoms with Crippen LogP contribution in [0, 0.1) is 0 Å². The van der Waals surface area contributed by atoms with Crippen molar-refractivity contribution in [3.05, 3.63) is 0 Å². The average Bonchev–Trinajstić information content (AvgIpc) is 2.17. The molecule has 0 spiro atoms. The van der Waals surface area contributed by atoms with Crippen molar-refractivity contribution in [3.63, 3.8) is 0 Å². The zero-order valence-electron chi connectivity index (χ0n) is 7.91. The van der Waals surface area contributed by atoms with E-state index in [1.807, 2.05) is 0 Å². The summed E-state index contributed by atoms with van der Waals surface area (Å²) < 4.78 is 8.67. The van der Waals surface area contributed by atoms with Gasteiger partial charge < -0.3 is 9.47 Å². The van der Waals surface area contributed by atoms with Gasteiger partial charge in [0, 0.05) is 0 Å². The molecule has 0 saturated carbocycles. The van der Waals surface area contributed by atoms with Crippen LogP contribution in [0.2, 0.25) is 0 Å². The number of alkyl halides is 1. The first-order chi connectivity index (χ1) is 6.51. The molecule has 1 unspecified atom stereocenters. The van der Waals surface area contributed by atoms with Crippen molar-refractivity contribution in [1.82, 2.24) is 0 Å². The van der Waals surface area contributed by atoms with Crippen molar-refractivity contribution in [2.24, 2.45) is 0 Å². The van der Waals surface area contributed by atoms with Gasteiger partial charge in [-0.2, -0.15) is 0 Å². The highest BCUT2D eigenvalue weighted by molar-refractivity contribution is 9.10. The highest BCUT2D eigenvalue weighted by atomic mass is 79.9. The van der Waals surface area contributed by atoms with Crippen LogP contribution in [-0.2, 0) is 23.9 Å². The Bertz CT molecular complexity index is 238. The van der Waals surface area contributed by atoms with Crippen LogP contribution in [0.5, 0.6) is 0 Å². The maximum Gasteiger partial charge on any atom is 0.313 e. The third-order valence-corrected chi connectivity index (χ3v) is 2.30. The van der Waals surface area contributed by atoms with E-state index < -0.39 is 22.5 Å². The van der Waals surface area contributed by atoms with Gasteiger partial charge in [0.25, 0.3) is 0 Å². The molecule has 0 rings (SSSR count). The predicted molar refractivity (Wildman–Crippen MR) is 51.0 cm³/mol. The second-order valence-electron chi connectivity index (χ2n) is 2.47. The average molecular weight is 267 g/mol. The van der Waals surface area contributed by atoms with Crippen molar-refractivity contribution < 1.29 is 23.9 Å². The summed E-state index contributed by atoms with van der Waals surface area (Å²) in [5, 5.41) is 0. The van der Waals surface area contributed by atoms with Crippen molar-refractivity contribution >= 4 is 33.7 Å². The first-order valence-corrected chi connectivity index (χ1v) is 4.73. The van der Waals surface area contributed by atoms with Crippen LogP contribution in [0.15, 0.2) is 0 Å². The van der Waals surface area contributed by atoms with E-state index >= 15 is 0 Å². The number of methoxy groups -OCH3 is 2. The second-order valence-corrected chi connectivity index (χ2v) is 3.57. The lowest BCUT2D eigenvalue weighted by Gasteiger charge is -2.05. The molecule has 0 aromatic heterocycles. The Balaban J connectivity index is 3.99. The van der Waals surface area contributed by atoms with E-state index in [0.29, 0.717) is 0 Å². The fourth-order valence-electron chi connectivity index (χ4n) is 0.669. The molecule has 80 valence electrons. The van der Waals surface area contributed by atoms with Gasteiger partial charge in [-0.15, -0.1) is 0 Å². The Labute approximate surface area is 89.9 Å². The summed E-state index contributed by atoms with van der Waals surface area (Å²) in [5.74, 6) is -1.53. The van der Waals surface area contributed by atoms with Crippen LogP contribution in [0.25, 0.3) is 0 Å². The number of ether oxygens (including phenoxy) is 2. The molecule has 0 bridgehead atoms. The summed E-state index contributed by atoms with van der Waals surface area (Å²) in [6.07, 6.45) is -0.435. The monoisotopic (exact) mass is 266 g/mol. The second kappa shape index (κ2) is 6.53. The highest BCUT2D eigenvalue weighted by Gasteiger charge is 2.21. The minimum Gasteiger partial charge on any atom is -0.469 e. The van der Waals surface area contributed by atoms with Gasteiger partial charge in [0.1, 0.15) is 6.42 Å². The van der Waals surface area contributed by atoms with Crippen LogP contribution < -0.4 is 0 Å². The molecule has 0 aliphatic heterocycles. The Morgan fingerprint density at radius 1 is 1.14 bits per heavy atom. The largest absolute Gasteiger partial charge is 0.469 e. The number of carbonyl (C=O) groups excluding carboxylic acids is 3. The van der Waals surface area contributed by atoms with E-state index in [9.17, 15) is 14.4 Å². The number of Topliss-reactive ketones (excluding diaryl/α,β-unsaturated/α-hetero) is 1. The molecule has 0 N–H and O–H groups in total. The first kappa shape index (κ1) is 13.1. The summed E-state index contributed by atoms with van der Waals surface area (Å²) >= 11 is 2.98. The van der Waals surface area contributed by atoms with Gasteiger partial charge >= 0.3 is 11.9 Å². The quantitative estimate of drug-likeness (QED) is 0.411. The molecule has 0 aliphatic carbocycles. The Hall–Kier alpha value is -0.910. The number of carbonyl (C=O) groups is 3. The van der Waals surface area contributed by atoms with Crippen molar-refractivity contribution in [1.29, 1.82) is 0 Å². The third kappa shape index (κ3) is 4.96. The van der Waals surface area contributed by atoms with E-state index in [1.165, 1.54) is 14.2 Å². The van der Waals surface area contributed by atoms with E-state index in [-0.39, 0.29) is 12.8 Å². The van der Waals surface area contributed by atoms with Crippen LogP contribution >= 0.6 is 15.9 Å². The number of ketones is 1. The minimum absolute atomic E-state index is 0.0909. The third-order valence-electron chi connectivity index (χ3n) is 1.47. The van der Waals surface area contributed by atoms with Gasteiger partial charge in [0.2, 0.25) is 0 Å². The number of rotatable bonds is 5. The molecule has 0 aliphatic rings. The van der Waals surface area contributed by atoms with Crippen LogP contribution in [0.4, 0.5) is 0 Å². The molecule has 1 atom stereocenters. The normalized spacial score (nSPS) is 11.6. The van der Waals surface area contributed by atoms with Crippen LogP contribution in [-0.4, -0.2) is 36.8 Å². The Morgan fingerprint density at radius 3 is 2.07 bits per heavy atom. The number of halogens is 1. The summed E-state index contributed by atoms with van der Waals surface area (Å²) in [6.45, 7) is 0. The van der Waals surface area contributed by atoms with E-state index in [2.05, 4.69) is 25.4 Å². The number of esters is 2. The minimum atomic E-state index is -0.700. The lowest BCUT2D eigenvalue weighted by Crippen LogP contribution is -2.22. The molecule has 0 fully saturated rings. The van der Waals surface area contributed by atoms with Crippen molar-refractivity contribution in [2.75, 3.05) is 14.2 Å². The summed E-state index contributed by atoms with van der Waals surface area (Å²) in [4.78, 5) is 32.0. The van der Waals surface area contributed by atoms with Gasteiger partial charge in [0.15, 0.2) is 5.78 Å². The topological polar surface area (TPSA) is 69.7 Å². The molecule has 0 radical (unpaired) electrons. The van der Waals surface area contributed by atoms with Crippen molar-refractivity contribution in [2.45, 2.75) is 17.7 Å². The predicted octanol–water partition coefficient (Wildman–Crippen LogP) is 0.445. The Kier molecular flexibility index (Phi) is 6.11. The number of hydrogen-bond donors (Lipinski definition) is 0. The smallest absolute Gasteiger partial charge is 0.313 e. The van der Waals surface area contributed by atoms with Gasteiger partial charge in [-0.25, -0.2) is 0 Å². The Morgan fingerprint density at radius 2 is 1.64 bits per heavy atom. The van der Waals surface area contributed by atoms with Gasteiger partial charge in [-0.3, -0.25) is 14.4 Å². The number of hydrogen-bond acceptors (Lipinski definition) is 5. The molecule has 6 heteroatoms. The van der Waals surface area contributed by atoms with Gasteiger partial charge in [-0.1, -0.05) is 15.9 Å². The summed E-state index contributed by atoms with van der Waals surface area (Å²) in [7, 11) is 2.42. The van der Waals surface area contributed by atoms with Crippen LogP contribution in [0.1, 0.15) is 12.8 Å². The molecule has 0 aromatic carbocycles. The fourth-order valence-corrected chi connectivity index (χ4v) is 1.09. The molecular formula is C8H11BrO5. The van der Waals surface area contributed by atoms with E-state index in [0.717, 1.165) is 0 Å². The van der Waals surface area contributed by atoms with Crippen LogP contribution in [0.3, 0.4) is 0 Å². The lowest BCUT2D eigenvalue weighted by molar-refractivity contribution is -0.145. The van der Waals surface area contributed by atoms with Crippen molar-refractivity contribution in [3.8, 4) is 0 Å². The van der Waals surface area contributed by atoms with Gasteiger partial charge in [-0.05, 0) is 0 Å². The fraction of sp³-hybridized carbons (Fsp3) is 0.625. The molecule has 0 aromatic rings. The zero-order valence-corrected chi connectivity index (χ0v) is 9.50. The maximum absolute atomic E-state index is 11.2. The molecule has 5 nitrogen and oxygen atoms in total. The molecule has 0 heterocycles. The molecular weight excluding hydrogens is 256 g/mol. The molecule has 0 saturated heterocycles. The highest BCUT2D eigenvalue weighted by Crippen LogP contribution is 2.10. The van der Waals surface area contributed by atoms with E-state index in [4.69, 9.17) is 0 Å². The maximum atomic E-state index is 11.2. The lowest BCUT2D eigenvalue weighted by atomic mass is 10.1. The molecule has 14 heavy (non-hydrogen) atoms. The van der Waals surface area contributed by atoms with E-state index in [1.54, 1.807) is 0 Å². The molecule has 0 amide bonds. The first-order valence-electron chi connectivity index (χ1n) is 3.81. The standard InChI is InChI=1S/C8H11BrO5/c1-13-7(11)3-5(9)6(10)4-8(12)14-2/h5H,3-4H2,1-2H3. The summed E-state index contributed by atoms with van der Waals surface area (Å²) in [5.41, 5.74) is 0. The zero-order chi connectivity index (χ0) is 11.1.